The molecule has 4 heteroatoms. The van der Waals surface area contributed by atoms with E-state index >= 15 is 0 Å². The van der Waals surface area contributed by atoms with Crippen molar-refractivity contribution in [3.05, 3.63) is 27.1 Å². The smallest absolute Gasteiger partial charge is 0.134 e. The third-order valence-corrected chi connectivity index (χ3v) is 3.62. The molecule has 78 valence electrons. The van der Waals surface area contributed by atoms with Crippen LogP contribution in [-0.2, 0) is 4.74 Å². The fraction of sp³-hybridized carbons (Fsp3) is 0.400. The lowest BCUT2D eigenvalue weighted by Gasteiger charge is -2.08. The minimum absolute atomic E-state index is 0.572. The first-order valence-electron chi connectivity index (χ1n) is 4.40. The van der Waals surface area contributed by atoms with Crippen molar-refractivity contribution in [1.29, 1.82) is 0 Å². The first kappa shape index (κ1) is 12.0. The molecule has 0 aliphatic carbocycles. The molecule has 0 atom stereocenters. The Kier molecular flexibility index (Phi) is 5.52. The minimum atomic E-state index is 0.572. The highest BCUT2D eigenvalue weighted by molar-refractivity contribution is 9.13. The zero-order valence-corrected chi connectivity index (χ0v) is 11.1. The van der Waals surface area contributed by atoms with E-state index in [1.54, 1.807) is 0 Å². The summed E-state index contributed by atoms with van der Waals surface area (Å²) in [6.07, 6.45) is 0. The van der Waals surface area contributed by atoms with E-state index in [1.165, 1.54) is 0 Å². The van der Waals surface area contributed by atoms with E-state index < -0.39 is 0 Å². The van der Waals surface area contributed by atoms with E-state index in [9.17, 15) is 0 Å². The van der Waals surface area contributed by atoms with Crippen molar-refractivity contribution in [2.45, 2.75) is 6.92 Å². The van der Waals surface area contributed by atoms with Crippen molar-refractivity contribution in [2.24, 2.45) is 0 Å². The highest BCUT2D eigenvalue weighted by Crippen LogP contribution is 2.31. The Bertz CT molecular complexity index is 289. The van der Waals surface area contributed by atoms with Gasteiger partial charge in [-0.25, -0.2) is 0 Å². The average Bonchev–Trinajstić information content (AvgIpc) is 2.19. The number of benzene rings is 1. The number of halogens is 2. The Balaban J connectivity index is 2.46. The van der Waals surface area contributed by atoms with Crippen molar-refractivity contribution in [3.8, 4) is 5.75 Å². The van der Waals surface area contributed by atoms with Crippen LogP contribution < -0.4 is 4.74 Å². The van der Waals surface area contributed by atoms with Crippen LogP contribution in [0.15, 0.2) is 27.1 Å². The fourth-order valence-corrected chi connectivity index (χ4v) is 1.68. The maximum Gasteiger partial charge on any atom is 0.134 e. The van der Waals surface area contributed by atoms with Gasteiger partial charge in [0.1, 0.15) is 12.4 Å². The monoisotopic (exact) mass is 322 g/mol. The average molecular weight is 324 g/mol. The van der Waals surface area contributed by atoms with Crippen LogP contribution in [0.25, 0.3) is 0 Å². The largest absolute Gasteiger partial charge is 0.490 e. The molecule has 0 fully saturated rings. The molecule has 2 nitrogen and oxygen atoms in total. The number of hydrogen-bond donors (Lipinski definition) is 0. The zero-order valence-electron chi connectivity index (χ0n) is 7.93. The first-order valence-corrected chi connectivity index (χ1v) is 5.99. The molecule has 0 N–H and O–H groups in total. The molecule has 0 saturated carbocycles. The van der Waals surface area contributed by atoms with Gasteiger partial charge in [-0.3, -0.25) is 0 Å². The van der Waals surface area contributed by atoms with Gasteiger partial charge in [-0.2, -0.15) is 0 Å². The zero-order chi connectivity index (χ0) is 10.4. The Labute approximate surface area is 101 Å². The first-order chi connectivity index (χ1) is 6.75. The van der Waals surface area contributed by atoms with Crippen LogP contribution in [0.5, 0.6) is 5.75 Å². The molecule has 0 aromatic heterocycles. The van der Waals surface area contributed by atoms with Crippen LogP contribution in [0.4, 0.5) is 0 Å². The molecule has 0 aliphatic rings. The third-order valence-electron chi connectivity index (χ3n) is 1.61. The molecule has 0 spiro atoms. The van der Waals surface area contributed by atoms with Gasteiger partial charge in [-0.1, -0.05) is 6.07 Å². The van der Waals surface area contributed by atoms with Crippen LogP contribution in [0, 0.1) is 0 Å². The van der Waals surface area contributed by atoms with Gasteiger partial charge >= 0.3 is 0 Å². The summed E-state index contributed by atoms with van der Waals surface area (Å²) in [4.78, 5) is 0. The second kappa shape index (κ2) is 6.43. The predicted molar refractivity (Wildman–Crippen MR) is 63.8 cm³/mol. The topological polar surface area (TPSA) is 18.5 Å². The van der Waals surface area contributed by atoms with E-state index in [-0.39, 0.29) is 0 Å². The van der Waals surface area contributed by atoms with Crippen molar-refractivity contribution in [2.75, 3.05) is 19.8 Å². The highest BCUT2D eigenvalue weighted by atomic mass is 79.9. The van der Waals surface area contributed by atoms with Crippen LogP contribution in [0.3, 0.4) is 0 Å². The van der Waals surface area contributed by atoms with Crippen LogP contribution in [0.2, 0.25) is 0 Å². The molecule has 0 amide bonds. The second-order valence-corrected chi connectivity index (χ2v) is 4.24. The normalized spacial score (nSPS) is 10.2. The SMILES string of the molecule is CCOCCOc1cccc(Br)c1Br. The van der Waals surface area contributed by atoms with Crippen LogP contribution >= 0.6 is 31.9 Å². The summed E-state index contributed by atoms with van der Waals surface area (Å²) in [6.45, 7) is 3.89. The molecule has 1 rings (SSSR count). The number of hydrogen-bond acceptors (Lipinski definition) is 2. The summed E-state index contributed by atoms with van der Waals surface area (Å²) in [6, 6.07) is 5.81. The highest BCUT2D eigenvalue weighted by Gasteiger charge is 2.03. The number of ether oxygens (including phenoxy) is 2. The molecule has 0 aliphatic heterocycles. The third kappa shape index (κ3) is 3.59. The van der Waals surface area contributed by atoms with Gasteiger partial charge in [-0.15, -0.1) is 0 Å². The van der Waals surface area contributed by atoms with Gasteiger partial charge < -0.3 is 9.47 Å². The summed E-state index contributed by atoms with van der Waals surface area (Å²) in [7, 11) is 0. The molecule has 0 heterocycles. The predicted octanol–water partition coefficient (Wildman–Crippen LogP) is 3.63. The lowest BCUT2D eigenvalue weighted by Crippen LogP contribution is -2.06. The van der Waals surface area contributed by atoms with E-state index in [0.29, 0.717) is 13.2 Å². The number of rotatable bonds is 5. The molecule has 0 radical (unpaired) electrons. The maximum absolute atomic E-state index is 5.52. The van der Waals surface area contributed by atoms with Crippen molar-refractivity contribution < 1.29 is 9.47 Å². The van der Waals surface area contributed by atoms with E-state index in [4.69, 9.17) is 9.47 Å². The Morgan fingerprint density at radius 3 is 2.71 bits per heavy atom. The summed E-state index contributed by atoms with van der Waals surface area (Å²) in [5.41, 5.74) is 0. The maximum atomic E-state index is 5.52. The quantitative estimate of drug-likeness (QED) is 0.770. The standard InChI is InChI=1S/C10H12Br2O2/c1-2-13-6-7-14-9-5-3-4-8(11)10(9)12/h3-5H,2,6-7H2,1H3. The molecular weight excluding hydrogens is 312 g/mol. The molecule has 1 aromatic carbocycles. The molecule has 14 heavy (non-hydrogen) atoms. The summed E-state index contributed by atoms with van der Waals surface area (Å²) in [5, 5.41) is 0. The Morgan fingerprint density at radius 1 is 1.21 bits per heavy atom. The summed E-state index contributed by atoms with van der Waals surface area (Å²) < 4.78 is 12.6. The lowest BCUT2D eigenvalue weighted by molar-refractivity contribution is 0.110. The molecular formula is C10H12Br2O2. The second-order valence-electron chi connectivity index (χ2n) is 2.60. The van der Waals surface area contributed by atoms with Crippen LogP contribution in [0.1, 0.15) is 6.92 Å². The minimum Gasteiger partial charge on any atom is -0.490 e. The van der Waals surface area contributed by atoms with Crippen molar-refractivity contribution in [1.82, 2.24) is 0 Å². The van der Waals surface area contributed by atoms with Gasteiger partial charge in [0.05, 0.1) is 11.1 Å². The van der Waals surface area contributed by atoms with Crippen molar-refractivity contribution in [3.63, 3.8) is 0 Å². The van der Waals surface area contributed by atoms with E-state index in [2.05, 4.69) is 31.9 Å². The Hall–Kier alpha value is -0.0600. The lowest BCUT2D eigenvalue weighted by atomic mass is 10.3. The van der Waals surface area contributed by atoms with Gasteiger partial charge in [0.2, 0.25) is 0 Å². The van der Waals surface area contributed by atoms with Crippen molar-refractivity contribution >= 4 is 31.9 Å². The fourth-order valence-electron chi connectivity index (χ4n) is 0.950. The van der Waals surface area contributed by atoms with Gasteiger partial charge in [0.15, 0.2) is 0 Å². The van der Waals surface area contributed by atoms with E-state index in [0.717, 1.165) is 21.3 Å². The summed E-state index contributed by atoms with van der Waals surface area (Å²) >= 11 is 6.85. The van der Waals surface area contributed by atoms with E-state index in [1.807, 2.05) is 25.1 Å². The molecule has 0 saturated heterocycles. The van der Waals surface area contributed by atoms with Gasteiger partial charge in [0.25, 0.3) is 0 Å². The molecule has 1 aromatic rings. The van der Waals surface area contributed by atoms with Crippen LogP contribution in [-0.4, -0.2) is 19.8 Å². The molecule has 0 unspecified atom stereocenters. The summed E-state index contributed by atoms with van der Waals surface area (Å²) in [5.74, 6) is 0.832. The van der Waals surface area contributed by atoms with Gasteiger partial charge in [0, 0.05) is 11.1 Å². The Morgan fingerprint density at radius 2 is 2.00 bits per heavy atom. The van der Waals surface area contributed by atoms with Gasteiger partial charge in [-0.05, 0) is 50.9 Å². The molecule has 0 bridgehead atoms.